The fourth-order valence-electron chi connectivity index (χ4n) is 5.45. The Hall–Kier alpha value is -4.11. The van der Waals surface area contributed by atoms with Crippen LogP contribution < -0.4 is 14.4 Å². The summed E-state index contributed by atoms with van der Waals surface area (Å²) in [7, 11) is -1.54. The van der Waals surface area contributed by atoms with Gasteiger partial charge in [-0.1, -0.05) is 55.6 Å². The highest BCUT2D eigenvalue weighted by atomic mass is 28.3. The first kappa shape index (κ1) is 29.4. The second kappa shape index (κ2) is 10.6. The number of carbonyl (C=O) groups excluding carboxylic acids is 3. The van der Waals surface area contributed by atoms with E-state index in [4.69, 9.17) is 14.2 Å². The molecule has 8 heteroatoms. The number of esters is 1. The van der Waals surface area contributed by atoms with Crippen molar-refractivity contribution in [1.82, 2.24) is 0 Å². The maximum atomic E-state index is 13.9. The van der Waals surface area contributed by atoms with Gasteiger partial charge < -0.3 is 14.2 Å². The molecule has 2 aromatic rings. The molecule has 7 nitrogen and oxygen atoms in total. The summed E-state index contributed by atoms with van der Waals surface area (Å²) in [6.45, 7) is 11.8. The SMILES string of the molecule is CC(C)(C)C(=O)Oc1ccc2c(c1)N(C(=O)Oc1ccccc1)C(C#CC=CC#C[Si](C)(C)C)C13CCCC(=O)C21O3. The Bertz CT molecular complexity index is 1590. The number of ketones is 1. The summed E-state index contributed by atoms with van der Waals surface area (Å²) in [4.78, 5) is 41.6. The molecule has 0 bridgehead atoms. The minimum atomic E-state index is -1.54. The smallest absolute Gasteiger partial charge is 0.420 e. The topological polar surface area (TPSA) is 85.4 Å². The van der Waals surface area contributed by atoms with Crippen molar-refractivity contribution in [1.29, 1.82) is 0 Å². The fraction of sp³-hybridized carbons (Fsp3) is 0.382. The van der Waals surface area contributed by atoms with Gasteiger partial charge in [0, 0.05) is 18.1 Å². The highest BCUT2D eigenvalue weighted by Crippen LogP contribution is 2.69. The maximum Gasteiger partial charge on any atom is 0.420 e. The molecule has 2 heterocycles. The number of benzene rings is 2. The molecule has 216 valence electrons. The van der Waals surface area contributed by atoms with Gasteiger partial charge in [0.1, 0.15) is 31.2 Å². The highest BCUT2D eigenvalue weighted by Gasteiger charge is 2.82. The van der Waals surface area contributed by atoms with Crippen molar-refractivity contribution < 1.29 is 28.6 Å². The van der Waals surface area contributed by atoms with Gasteiger partial charge in [-0.05, 0) is 70.0 Å². The molecule has 2 fully saturated rings. The van der Waals surface area contributed by atoms with Crippen LogP contribution in [0.1, 0.15) is 45.6 Å². The zero-order valence-electron chi connectivity index (χ0n) is 24.9. The van der Waals surface area contributed by atoms with Gasteiger partial charge in [0.25, 0.3) is 0 Å². The first-order valence-electron chi connectivity index (χ1n) is 14.1. The number of anilines is 1. The van der Waals surface area contributed by atoms with Crippen LogP contribution in [0.2, 0.25) is 19.6 Å². The van der Waals surface area contributed by atoms with E-state index in [2.05, 4.69) is 42.9 Å². The van der Waals surface area contributed by atoms with Crippen molar-refractivity contribution >= 4 is 31.6 Å². The van der Waals surface area contributed by atoms with Gasteiger partial charge in [0.15, 0.2) is 11.4 Å². The number of hydrogen-bond donors (Lipinski definition) is 0. The number of hydrogen-bond acceptors (Lipinski definition) is 6. The first-order chi connectivity index (χ1) is 19.8. The van der Waals surface area contributed by atoms with Crippen LogP contribution in [0.25, 0.3) is 0 Å². The number of rotatable bonds is 2. The number of Topliss-reactive ketones (excluding diaryl/α,β-unsaturated/α-hetero) is 1. The quantitative estimate of drug-likeness (QED) is 0.138. The third-order valence-electron chi connectivity index (χ3n) is 7.43. The van der Waals surface area contributed by atoms with E-state index in [0.717, 1.165) is 0 Å². The predicted octanol–water partition coefficient (Wildman–Crippen LogP) is 6.18. The number of carbonyl (C=O) groups is 3. The maximum absolute atomic E-state index is 13.9. The minimum absolute atomic E-state index is 0.0474. The van der Waals surface area contributed by atoms with Crippen LogP contribution in [-0.2, 0) is 19.9 Å². The van der Waals surface area contributed by atoms with Crippen molar-refractivity contribution in [3.05, 3.63) is 66.2 Å². The number of epoxide rings is 1. The monoisotopic (exact) mass is 581 g/mol. The Morgan fingerprint density at radius 3 is 2.43 bits per heavy atom. The third kappa shape index (κ3) is 5.29. The van der Waals surface area contributed by atoms with E-state index in [9.17, 15) is 14.4 Å². The number of para-hydroxylation sites is 1. The van der Waals surface area contributed by atoms with E-state index in [-0.39, 0.29) is 11.5 Å². The largest absolute Gasteiger partial charge is 0.426 e. The molecule has 1 saturated carbocycles. The average molecular weight is 582 g/mol. The fourth-order valence-corrected chi connectivity index (χ4v) is 5.96. The van der Waals surface area contributed by atoms with Crippen LogP contribution in [0, 0.1) is 28.7 Å². The van der Waals surface area contributed by atoms with E-state index in [1.807, 2.05) is 6.07 Å². The Labute approximate surface area is 248 Å². The minimum Gasteiger partial charge on any atom is -0.426 e. The summed E-state index contributed by atoms with van der Waals surface area (Å²) in [6, 6.07) is 12.8. The van der Waals surface area contributed by atoms with Crippen molar-refractivity contribution in [2.75, 3.05) is 4.90 Å². The molecule has 3 aliphatic rings. The van der Waals surface area contributed by atoms with Crippen LogP contribution >= 0.6 is 0 Å². The van der Waals surface area contributed by atoms with Gasteiger partial charge in [-0.2, -0.15) is 0 Å². The van der Waals surface area contributed by atoms with Gasteiger partial charge in [-0.25, -0.2) is 4.79 Å². The lowest BCUT2D eigenvalue weighted by molar-refractivity contribution is -0.143. The van der Waals surface area contributed by atoms with Gasteiger partial charge in [0.2, 0.25) is 0 Å². The van der Waals surface area contributed by atoms with Gasteiger partial charge >= 0.3 is 12.1 Å². The van der Waals surface area contributed by atoms with Crippen molar-refractivity contribution in [2.45, 2.75) is 76.9 Å². The van der Waals surface area contributed by atoms with Crippen molar-refractivity contribution in [2.24, 2.45) is 5.41 Å². The van der Waals surface area contributed by atoms with Gasteiger partial charge in [-0.3, -0.25) is 14.5 Å². The van der Waals surface area contributed by atoms with E-state index in [0.29, 0.717) is 36.3 Å². The molecule has 2 aromatic carbocycles. The van der Waals surface area contributed by atoms with Gasteiger partial charge in [0.05, 0.1) is 11.1 Å². The summed E-state index contributed by atoms with van der Waals surface area (Å²) >= 11 is 0. The molecular weight excluding hydrogens is 546 g/mol. The van der Waals surface area contributed by atoms with E-state index >= 15 is 0 Å². The predicted molar refractivity (Wildman–Crippen MR) is 163 cm³/mol. The Morgan fingerprint density at radius 1 is 1.02 bits per heavy atom. The number of fused-ring (bicyclic) bond motifs is 1. The standard InChI is InChI=1S/C34H35NO6Si/c1-32(2,3)30(37)39-25-19-20-26-27(23-25)35(31(38)40-24-15-10-9-11-16-24)28(17-12-7-8-13-22-42(4,5)6)33-21-14-18-29(36)34(26,33)41-33/h7-11,15-16,19-20,23,28H,14,18,21H2,1-6H3. The summed E-state index contributed by atoms with van der Waals surface area (Å²) in [5.74, 6) is 9.43. The molecule has 1 aliphatic carbocycles. The molecule has 3 atom stereocenters. The first-order valence-corrected chi connectivity index (χ1v) is 17.6. The number of nitrogens with zero attached hydrogens (tertiary/aromatic N) is 1. The van der Waals surface area contributed by atoms with Crippen molar-refractivity contribution in [3.8, 4) is 34.8 Å². The van der Waals surface area contributed by atoms with E-state index in [1.165, 1.54) is 4.90 Å². The third-order valence-corrected chi connectivity index (χ3v) is 8.32. The molecule has 0 aromatic heterocycles. The molecule has 0 N–H and O–H groups in total. The number of ether oxygens (including phenoxy) is 3. The summed E-state index contributed by atoms with van der Waals surface area (Å²) in [6.07, 6.45) is 4.20. The summed E-state index contributed by atoms with van der Waals surface area (Å²) in [5.41, 5.74) is 1.19. The molecular formula is C34H35NO6Si. The molecule has 3 unspecified atom stereocenters. The molecule has 0 radical (unpaired) electrons. The Kier molecular flexibility index (Phi) is 7.43. The Balaban J connectivity index is 1.63. The summed E-state index contributed by atoms with van der Waals surface area (Å²) < 4.78 is 17.9. The lowest BCUT2D eigenvalue weighted by Gasteiger charge is -2.40. The second-order valence-electron chi connectivity index (χ2n) is 12.9. The van der Waals surface area contributed by atoms with Crippen molar-refractivity contribution in [3.63, 3.8) is 0 Å². The normalized spacial score (nSPS) is 24.2. The lowest BCUT2D eigenvalue weighted by atomic mass is 9.68. The molecule has 1 saturated heterocycles. The summed E-state index contributed by atoms with van der Waals surface area (Å²) in [5, 5.41) is 0. The van der Waals surface area contributed by atoms with E-state index in [1.54, 1.807) is 75.4 Å². The van der Waals surface area contributed by atoms with Crippen LogP contribution in [0.4, 0.5) is 10.5 Å². The van der Waals surface area contributed by atoms with Crippen LogP contribution in [0.5, 0.6) is 11.5 Å². The lowest BCUT2D eigenvalue weighted by Crippen LogP contribution is -2.58. The molecule has 1 amide bonds. The second-order valence-corrected chi connectivity index (χ2v) is 17.6. The molecule has 5 rings (SSSR count). The number of allylic oxidation sites excluding steroid dienone is 2. The van der Waals surface area contributed by atoms with Crippen LogP contribution in [0.15, 0.2) is 60.7 Å². The molecule has 2 aliphatic heterocycles. The zero-order valence-corrected chi connectivity index (χ0v) is 25.9. The Morgan fingerprint density at radius 2 is 1.74 bits per heavy atom. The molecule has 42 heavy (non-hydrogen) atoms. The van der Waals surface area contributed by atoms with E-state index < -0.39 is 42.8 Å². The highest BCUT2D eigenvalue weighted by molar-refractivity contribution is 6.83. The van der Waals surface area contributed by atoms with Crippen LogP contribution in [0.3, 0.4) is 0 Å². The molecule has 0 spiro atoms. The zero-order chi connectivity index (χ0) is 30.3. The number of amides is 1. The van der Waals surface area contributed by atoms with Crippen LogP contribution in [-0.4, -0.2) is 37.6 Å². The van der Waals surface area contributed by atoms with Gasteiger partial charge in [-0.15, -0.1) is 5.54 Å². The average Bonchev–Trinajstić information content (AvgIpc) is 3.63.